The van der Waals surface area contributed by atoms with Crippen LogP contribution in [-0.2, 0) is 4.79 Å². The molecule has 88 valence electrons. The molecule has 5 heteroatoms. The summed E-state index contributed by atoms with van der Waals surface area (Å²) in [6.45, 7) is 2.90. The molecule has 0 aromatic heterocycles. The molecule has 1 heterocycles. The highest BCUT2D eigenvalue weighted by Crippen LogP contribution is 2.30. The first-order valence-corrected chi connectivity index (χ1v) is 5.43. The van der Waals surface area contributed by atoms with E-state index in [4.69, 9.17) is 11.6 Å². The molecule has 17 heavy (non-hydrogen) atoms. The van der Waals surface area contributed by atoms with Gasteiger partial charge in [-0.15, -0.1) is 0 Å². The molecule has 0 N–H and O–H groups in total. The fourth-order valence-corrected chi connectivity index (χ4v) is 1.87. The molecule has 0 bridgehead atoms. The van der Waals surface area contributed by atoms with Gasteiger partial charge in [0.2, 0.25) is 5.24 Å². The molecule has 0 saturated carbocycles. The van der Waals surface area contributed by atoms with Crippen LogP contribution in [-0.4, -0.2) is 27.5 Å². The van der Waals surface area contributed by atoms with Crippen molar-refractivity contribution in [2.24, 2.45) is 0 Å². The standard InChI is InChI=1S/C12H10ClNO3/c1-12(2,11(13)17)14-9(15)7-5-3-4-6-8(7)10(14)16/h3-6H,1-2H3. The van der Waals surface area contributed by atoms with Crippen LogP contribution in [0.25, 0.3) is 0 Å². The highest BCUT2D eigenvalue weighted by Gasteiger charge is 2.47. The molecule has 0 atom stereocenters. The molecule has 0 unspecified atom stereocenters. The zero-order chi connectivity index (χ0) is 12.8. The van der Waals surface area contributed by atoms with Crippen molar-refractivity contribution in [1.29, 1.82) is 0 Å². The van der Waals surface area contributed by atoms with Crippen LogP contribution in [0.5, 0.6) is 0 Å². The van der Waals surface area contributed by atoms with Crippen LogP contribution in [0.2, 0.25) is 0 Å². The van der Waals surface area contributed by atoms with Gasteiger partial charge in [0.05, 0.1) is 11.1 Å². The van der Waals surface area contributed by atoms with E-state index in [0.29, 0.717) is 11.1 Å². The van der Waals surface area contributed by atoms with Gasteiger partial charge in [0.15, 0.2) is 0 Å². The number of nitrogens with zero attached hydrogens (tertiary/aromatic N) is 1. The Balaban J connectivity index is 2.54. The van der Waals surface area contributed by atoms with E-state index in [9.17, 15) is 14.4 Å². The van der Waals surface area contributed by atoms with E-state index in [0.717, 1.165) is 4.90 Å². The summed E-state index contributed by atoms with van der Waals surface area (Å²) in [4.78, 5) is 36.3. The molecule has 2 rings (SSSR count). The van der Waals surface area contributed by atoms with Gasteiger partial charge < -0.3 is 0 Å². The lowest BCUT2D eigenvalue weighted by atomic mass is 10.1. The molecule has 1 aliphatic rings. The van der Waals surface area contributed by atoms with Crippen molar-refractivity contribution in [3.63, 3.8) is 0 Å². The van der Waals surface area contributed by atoms with E-state index in [1.807, 2.05) is 0 Å². The second-order valence-electron chi connectivity index (χ2n) is 4.32. The van der Waals surface area contributed by atoms with Crippen LogP contribution in [0, 0.1) is 0 Å². The molecule has 1 aromatic rings. The minimum absolute atomic E-state index is 0.309. The normalized spacial score (nSPS) is 15.1. The Hall–Kier alpha value is -1.68. The van der Waals surface area contributed by atoms with E-state index in [2.05, 4.69) is 0 Å². The number of fused-ring (bicyclic) bond motifs is 1. The van der Waals surface area contributed by atoms with Gasteiger partial charge >= 0.3 is 0 Å². The van der Waals surface area contributed by atoms with Gasteiger partial charge in [-0.1, -0.05) is 12.1 Å². The summed E-state index contributed by atoms with van der Waals surface area (Å²) < 4.78 is 0. The number of hydrogen-bond donors (Lipinski definition) is 0. The van der Waals surface area contributed by atoms with E-state index >= 15 is 0 Å². The van der Waals surface area contributed by atoms with Gasteiger partial charge in [0, 0.05) is 0 Å². The van der Waals surface area contributed by atoms with Crippen molar-refractivity contribution in [2.75, 3.05) is 0 Å². The summed E-state index contributed by atoms with van der Waals surface area (Å²) in [6.07, 6.45) is 0. The van der Waals surface area contributed by atoms with Gasteiger partial charge in [-0.25, -0.2) is 0 Å². The maximum Gasteiger partial charge on any atom is 0.262 e. The summed E-state index contributed by atoms with van der Waals surface area (Å²) in [5.41, 5.74) is -0.721. The molecule has 0 fully saturated rings. The number of imide groups is 1. The Morgan fingerprint density at radius 1 is 1.12 bits per heavy atom. The second-order valence-corrected chi connectivity index (χ2v) is 4.67. The lowest BCUT2D eigenvalue weighted by Gasteiger charge is -2.29. The Morgan fingerprint density at radius 2 is 1.53 bits per heavy atom. The summed E-state index contributed by atoms with van der Waals surface area (Å²) >= 11 is 5.44. The average Bonchev–Trinajstić information content (AvgIpc) is 2.52. The molecular weight excluding hydrogens is 242 g/mol. The van der Waals surface area contributed by atoms with Crippen LogP contribution in [0.3, 0.4) is 0 Å². The first kappa shape index (κ1) is 11.8. The van der Waals surface area contributed by atoms with Crippen molar-refractivity contribution in [1.82, 2.24) is 4.90 Å². The number of carbonyl (C=O) groups is 3. The molecule has 0 aliphatic carbocycles. The lowest BCUT2D eigenvalue weighted by Crippen LogP contribution is -2.51. The van der Waals surface area contributed by atoms with Crippen molar-refractivity contribution in [3.8, 4) is 0 Å². The smallest absolute Gasteiger partial charge is 0.262 e. The Kier molecular flexibility index (Phi) is 2.54. The van der Waals surface area contributed by atoms with Crippen molar-refractivity contribution in [3.05, 3.63) is 35.4 Å². The van der Waals surface area contributed by atoms with Gasteiger partial charge in [-0.2, -0.15) is 0 Å². The number of halogens is 1. The van der Waals surface area contributed by atoms with Gasteiger partial charge in [0.25, 0.3) is 11.8 Å². The largest absolute Gasteiger partial charge is 0.279 e. The summed E-state index contributed by atoms with van der Waals surface area (Å²) in [5, 5.41) is -0.744. The van der Waals surface area contributed by atoms with E-state index < -0.39 is 22.6 Å². The second kappa shape index (κ2) is 3.67. The maximum absolute atomic E-state index is 12.1. The summed E-state index contributed by atoms with van der Waals surface area (Å²) in [6, 6.07) is 6.46. The quantitative estimate of drug-likeness (QED) is 0.595. The minimum Gasteiger partial charge on any atom is -0.279 e. The number of benzene rings is 1. The molecule has 0 spiro atoms. The third kappa shape index (κ3) is 1.56. The highest BCUT2D eigenvalue weighted by atomic mass is 35.5. The van der Waals surface area contributed by atoms with Crippen LogP contribution in [0.1, 0.15) is 34.6 Å². The first-order valence-electron chi connectivity index (χ1n) is 5.05. The molecule has 0 radical (unpaired) electrons. The molecule has 0 saturated heterocycles. The third-order valence-electron chi connectivity index (χ3n) is 2.83. The van der Waals surface area contributed by atoms with Crippen LogP contribution >= 0.6 is 11.6 Å². The Bertz CT molecular complexity index is 501. The predicted octanol–water partition coefficient (Wildman–Crippen LogP) is 1.83. The summed E-state index contributed by atoms with van der Waals surface area (Å²) in [7, 11) is 0. The fourth-order valence-electron chi connectivity index (χ4n) is 1.78. The van der Waals surface area contributed by atoms with E-state index in [1.54, 1.807) is 24.3 Å². The van der Waals surface area contributed by atoms with Crippen LogP contribution in [0.4, 0.5) is 0 Å². The minimum atomic E-state index is -1.34. The zero-order valence-corrected chi connectivity index (χ0v) is 10.1. The zero-order valence-electron chi connectivity index (χ0n) is 9.36. The van der Waals surface area contributed by atoms with Gasteiger partial charge in [0.1, 0.15) is 5.54 Å². The number of hydrogen-bond acceptors (Lipinski definition) is 3. The molecule has 2 amide bonds. The SMILES string of the molecule is CC(C)(C(=O)Cl)N1C(=O)c2ccccc2C1=O. The van der Waals surface area contributed by atoms with Crippen molar-refractivity contribution < 1.29 is 14.4 Å². The maximum atomic E-state index is 12.1. The average molecular weight is 252 g/mol. The van der Waals surface area contributed by atoms with Crippen molar-refractivity contribution in [2.45, 2.75) is 19.4 Å². The Morgan fingerprint density at radius 3 is 1.88 bits per heavy atom. The first-order chi connectivity index (χ1) is 7.87. The number of amides is 2. The summed E-state index contributed by atoms with van der Waals surface area (Å²) in [5.74, 6) is -0.964. The molecule has 1 aliphatic heterocycles. The third-order valence-corrected chi connectivity index (χ3v) is 3.30. The van der Waals surface area contributed by atoms with Crippen molar-refractivity contribution >= 4 is 28.7 Å². The van der Waals surface area contributed by atoms with Gasteiger partial charge in [-0.05, 0) is 37.6 Å². The fraction of sp³-hybridized carbons (Fsp3) is 0.250. The Labute approximate surface area is 103 Å². The van der Waals surface area contributed by atoms with Crippen LogP contribution < -0.4 is 0 Å². The monoisotopic (exact) mass is 251 g/mol. The van der Waals surface area contributed by atoms with Crippen LogP contribution in [0.15, 0.2) is 24.3 Å². The predicted molar refractivity (Wildman–Crippen MR) is 61.9 cm³/mol. The lowest BCUT2D eigenvalue weighted by molar-refractivity contribution is -0.119. The van der Waals surface area contributed by atoms with Gasteiger partial charge in [-0.3, -0.25) is 19.3 Å². The molecular formula is C12H10ClNO3. The van der Waals surface area contributed by atoms with E-state index in [-0.39, 0.29) is 0 Å². The number of rotatable bonds is 2. The topological polar surface area (TPSA) is 54.5 Å². The number of carbonyl (C=O) groups excluding carboxylic acids is 3. The molecule has 1 aromatic carbocycles. The van der Waals surface area contributed by atoms with E-state index in [1.165, 1.54) is 13.8 Å². The molecule has 4 nitrogen and oxygen atoms in total. The highest BCUT2D eigenvalue weighted by molar-refractivity contribution is 6.66.